The highest BCUT2D eigenvalue weighted by molar-refractivity contribution is 9.10. The molecule has 1 aliphatic carbocycles. The maximum Gasteiger partial charge on any atom is 0.418 e. The van der Waals surface area contributed by atoms with Crippen molar-refractivity contribution in [3.63, 3.8) is 0 Å². The van der Waals surface area contributed by atoms with Crippen molar-refractivity contribution in [2.24, 2.45) is 0 Å². The molecule has 2 atom stereocenters. The summed E-state index contributed by atoms with van der Waals surface area (Å²) < 4.78 is 69.9. The van der Waals surface area contributed by atoms with E-state index in [1.54, 1.807) is 0 Å². The third-order valence-corrected chi connectivity index (χ3v) is 7.42. The van der Waals surface area contributed by atoms with Crippen molar-refractivity contribution in [1.82, 2.24) is 15.2 Å². The number of rotatable bonds is 5. The van der Waals surface area contributed by atoms with Crippen LogP contribution in [-0.4, -0.2) is 52.8 Å². The maximum absolute atomic E-state index is 14.2. The largest absolute Gasteiger partial charge is 0.418 e. The maximum atomic E-state index is 14.2. The van der Waals surface area contributed by atoms with Gasteiger partial charge in [0.1, 0.15) is 6.07 Å². The molecule has 7 nitrogen and oxygen atoms in total. The Morgan fingerprint density at radius 3 is 2.38 bits per heavy atom. The van der Waals surface area contributed by atoms with E-state index in [4.69, 9.17) is 5.26 Å². The molecule has 0 spiro atoms. The van der Waals surface area contributed by atoms with Crippen LogP contribution in [0.3, 0.4) is 0 Å². The fraction of sp³-hybridized carbons (Fsp3) is 0.462. The lowest BCUT2D eigenvalue weighted by Crippen LogP contribution is -2.49. The second-order valence-corrected chi connectivity index (χ2v) is 10.6. The predicted molar refractivity (Wildman–Crippen MR) is 135 cm³/mol. The number of pyridine rings is 1. The van der Waals surface area contributed by atoms with Gasteiger partial charge in [-0.3, -0.25) is 14.6 Å². The molecule has 208 valence electrons. The highest BCUT2D eigenvalue weighted by Gasteiger charge is 2.40. The number of hydrogen-bond donors (Lipinski definition) is 2. The Balaban J connectivity index is 1.65. The number of likely N-dealkylation sites (tertiary alicyclic amines) is 1. The molecule has 2 aliphatic rings. The van der Waals surface area contributed by atoms with Crippen molar-refractivity contribution in [2.45, 2.75) is 62.7 Å². The van der Waals surface area contributed by atoms with Crippen LogP contribution in [-0.2, 0) is 6.18 Å². The number of alkyl halides is 5. The summed E-state index contributed by atoms with van der Waals surface area (Å²) in [6, 6.07) is 4.13. The average molecular weight is 614 g/mol. The number of aromatic nitrogens is 1. The number of amides is 2. The van der Waals surface area contributed by atoms with E-state index in [1.165, 1.54) is 24.5 Å². The molecule has 2 fully saturated rings. The minimum Gasteiger partial charge on any atom is -0.379 e. The Labute approximate surface area is 229 Å². The van der Waals surface area contributed by atoms with Crippen molar-refractivity contribution < 1.29 is 31.5 Å². The normalized spacial score (nSPS) is 21.1. The van der Waals surface area contributed by atoms with Crippen molar-refractivity contribution in [2.75, 3.05) is 18.4 Å². The van der Waals surface area contributed by atoms with E-state index in [0.29, 0.717) is 19.3 Å². The number of nitrogens with zero attached hydrogens (tertiary/aromatic N) is 3. The molecule has 2 heterocycles. The zero-order valence-corrected chi connectivity index (χ0v) is 22.2. The molecular formula is C26H25BrF5N5O2. The van der Waals surface area contributed by atoms with Crippen molar-refractivity contribution in [3.8, 4) is 6.07 Å². The number of nitriles is 1. The number of carbonyl (C=O) groups excluding carboxylic acids is 2. The van der Waals surface area contributed by atoms with Crippen molar-refractivity contribution >= 4 is 33.4 Å². The Hall–Kier alpha value is -3.27. The van der Waals surface area contributed by atoms with E-state index in [1.807, 2.05) is 6.07 Å². The van der Waals surface area contributed by atoms with Crippen LogP contribution in [0.2, 0.25) is 0 Å². The van der Waals surface area contributed by atoms with Gasteiger partial charge >= 0.3 is 6.18 Å². The number of hydrogen-bond acceptors (Lipinski definition) is 5. The third-order valence-electron chi connectivity index (χ3n) is 6.96. The number of nitrogens with one attached hydrogen (secondary N) is 2. The predicted octanol–water partition coefficient (Wildman–Crippen LogP) is 5.76. The highest BCUT2D eigenvalue weighted by atomic mass is 79.9. The molecule has 2 N–H and O–H groups in total. The lowest BCUT2D eigenvalue weighted by Gasteiger charge is -2.36. The molecule has 1 aromatic heterocycles. The molecule has 0 bridgehead atoms. The van der Waals surface area contributed by atoms with Crippen LogP contribution in [0, 0.1) is 11.3 Å². The van der Waals surface area contributed by atoms with Crippen LogP contribution in [0.15, 0.2) is 35.1 Å². The molecule has 1 aliphatic heterocycles. The zero-order valence-electron chi connectivity index (χ0n) is 20.6. The molecule has 13 heteroatoms. The van der Waals surface area contributed by atoms with E-state index >= 15 is 0 Å². The summed E-state index contributed by atoms with van der Waals surface area (Å²) in [7, 11) is 0. The van der Waals surface area contributed by atoms with Crippen LogP contribution in [0.4, 0.5) is 27.6 Å². The molecule has 2 amide bonds. The first-order chi connectivity index (χ1) is 18.4. The second-order valence-electron chi connectivity index (χ2n) is 9.71. The van der Waals surface area contributed by atoms with Gasteiger partial charge in [0.15, 0.2) is 0 Å². The fourth-order valence-electron chi connectivity index (χ4n) is 4.90. The van der Waals surface area contributed by atoms with Crippen LogP contribution >= 0.6 is 15.9 Å². The van der Waals surface area contributed by atoms with Crippen LogP contribution in [0.5, 0.6) is 0 Å². The summed E-state index contributed by atoms with van der Waals surface area (Å²) in [4.78, 5) is 31.3. The molecule has 0 radical (unpaired) electrons. The lowest BCUT2D eigenvalue weighted by atomic mass is 9.89. The van der Waals surface area contributed by atoms with E-state index in [-0.39, 0.29) is 34.3 Å². The minimum absolute atomic E-state index is 0.0180. The topological polar surface area (TPSA) is 98.1 Å². The van der Waals surface area contributed by atoms with Gasteiger partial charge in [-0.05, 0) is 31.0 Å². The molecule has 1 aromatic carbocycles. The Kier molecular flexibility index (Phi) is 8.44. The van der Waals surface area contributed by atoms with Crippen LogP contribution < -0.4 is 10.6 Å². The SMILES string of the molecule is N#Cc1cncc(C(=O)N[C@H]2CCCC[C@H]2Nc2c(C(=O)N3CCC(F)(F)CC3)cc(Br)cc2C(F)(F)F)c1. The van der Waals surface area contributed by atoms with Crippen molar-refractivity contribution in [3.05, 3.63) is 57.3 Å². The summed E-state index contributed by atoms with van der Waals surface area (Å²) in [6.45, 7) is -0.561. The van der Waals surface area contributed by atoms with Gasteiger partial charge in [0, 0.05) is 54.9 Å². The molecule has 1 saturated carbocycles. The van der Waals surface area contributed by atoms with Gasteiger partial charge in [-0.15, -0.1) is 0 Å². The minimum atomic E-state index is -4.83. The zero-order chi connectivity index (χ0) is 28.4. The molecule has 4 rings (SSSR count). The van der Waals surface area contributed by atoms with Gasteiger partial charge in [-0.2, -0.15) is 18.4 Å². The van der Waals surface area contributed by atoms with E-state index in [2.05, 4.69) is 31.5 Å². The van der Waals surface area contributed by atoms with Crippen LogP contribution in [0.25, 0.3) is 0 Å². The van der Waals surface area contributed by atoms with Crippen molar-refractivity contribution in [1.29, 1.82) is 5.26 Å². The van der Waals surface area contributed by atoms with Crippen LogP contribution in [0.1, 0.15) is 70.4 Å². The number of piperidine rings is 1. The summed E-state index contributed by atoms with van der Waals surface area (Å²) in [5.74, 6) is -4.24. The molecule has 2 aromatic rings. The van der Waals surface area contributed by atoms with Gasteiger partial charge in [-0.25, -0.2) is 8.78 Å². The summed E-state index contributed by atoms with van der Waals surface area (Å²) in [6.07, 6.45) is -1.09. The first-order valence-electron chi connectivity index (χ1n) is 12.4. The summed E-state index contributed by atoms with van der Waals surface area (Å²) in [5, 5.41) is 14.8. The first-order valence-corrected chi connectivity index (χ1v) is 13.2. The average Bonchev–Trinajstić information content (AvgIpc) is 2.89. The summed E-state index contributed by atoms with van der Waals surface area (Å²) in [5.41, 5.74) is -1.50. The fourth-order valence-corrected chi connectivity index (χ4v) is 5.36. The molecule has 0 unspecified atom stereocenters. The van der Waals surface area contributed by atoms with Gasteiger partial charge < -0.3 is 15.5 Å². The molecular weight excluding hydrogens is 589 g/mol. The highest BCUT2D eigenvalue weighted by Crippen LogP contribution is 2.41. The Bertz CT molecular complexity index is 1290. The monoisotopic (exact) mass is 613 g/mol. The standard InChI is InChI=1S/C26H25BrF5N5O2/c27-17-10-18(24(39)37-7-5-25(28,29)6-8-37)22(19(11-17)26(30,31)32)35-20-3-1-2-4-21(20)36-23(38)16-9-15(12-33)13-34-14-16/h9-11,13-14,20-21,35H,1-8H2,(H,36,38)/t20-,21+/m1/s1. The number of carbonyl (C=O) groups is 2. The number of anilines is 1. The number of halogens is 6. The van der Waals surface area contributed by atoms with E-state index in [0.717, 1.165) is 17.4 Å². The van der Waals surface area contributed by atoms with Gasteiger partial charge in [0.05, 0.1) is 27.9 Å². The Morgan fingerprint density at radius 1 is 1.08 bits per heavy atom. The third kappa shape index (κ3) is 6.84. The number of benzene rings is 1. The molecule has 1 saturated heterocycles. The smallest absolute Gasteiger partial charge is 0.379 e. The molecule has 39 heavy (non-hydrogen) atoms. The van der Waals surface area contributed by atoms with E-state index in [9.17, 15) is 31.5 Å². The second kappa shape index (κ2) is 11.5. The van der Waals surface area contributed by atoms with Gasteiger partial charge in [0.2, 0.25) is 0 Å². The summed E-state index contributed by atoms with van der Waals surface area (Å²) >= 11 is 3.05. The Morgan fingerprint density at radius 2 is 1.74 bits per heavy atom. The van der Waals surface area contributed by atoms with E-state index < -0.39 is 60.1 Å². The lowest BCUT2D eigenvalue weighted by molar-refractivity contribution is -0.137. The van der Waals surface area contributed by atoms with Gasteiger partial charge in [-0.1, -0.05) is 28.8 Å². The quantitative estimate of drug-likeness (QED) is 0.418. The van der Waals surface area contributed by atoms with Gasteiger partial charge in [0.25, 0.3) is 17.7 Å². The first kappa shape index (κ1) is 28.7.